The first kappa shape index (κ1) is 21.3. The average molecular weight is 442 g/mol. The van der Waals surface area contributed by atoms with Crippen molar-refractivity contribution in [2.75, 3.05) is 26.2 Å². The van der Waals surface area contributed by atoms with Crippen LogP contribution in [0.2, 0.25) is 0 Å². The van der Waals surface area contributed by atoms with E-state index in [0.29, 0.717) is 5.92 Å². The van der Waals surface area contributed by atoms with E-state index in [1.54, 1.807) is 11.5 Å². The standard InChI is InChI=1S/C24H27N3OS.ClH/c28-24-20-8-2-1-7-19(20)17-27(24)14-6-5-13-26-15-11-18(12-16-26)23-21-9-3-4-10-22(21)29-25-23;/h1-4,7-10,18H,5-6,11-17H2;1H. The van der Waals surface area contributed by atoms with Gasteiger partial charge in [-0.2, -0.15) is 4.37 Å². The number of nitrogens with zero attached hydrogens (tertiary/aromatic N) is 3. The second-order valence-corrected chi connectivity index (χ2v) is 9.08. The van der Waals surface area contributed by atoms with Gasteiger partial charge in [-0.3, -0.25) is 4.79 Å². The molecule has 0 radical (unpaired) electrons. The maximum Gasteiger partial charge on any atom is 0.254 e. The van der Waals surface area contributed by atoms with Crippen LogP contribution in [-0.4, -0.2) is 46.3 Å². The van der Waals surface area contributed by atoms with Gasteiger partial charge in [0.1, 0.15) is 0 Å². The topological polar surface area (TPSA) is 36.4 Å². The van der Waals surface area contributed by atoms with Crippen LogP contribution in [0, 0.1) is 0 Å². The lowest BCUT2D eigenvalue weighted by atomic mass is 9.91. The monoisotopic (exact) mass is 441 g/mol. The van der Waals surface area contributed by atoms with Gasteiger partial charge in [0, 0.05) is 30.0 Å². The van der Waals surface area contributed by atoms with Gasteiger partial charge in [-0.05, 0) is 74.5 Å². The molecule has 4 nitrogen and oxygen atoms in total. The van der Waals surface area contributed by atoms with Gasteiger partial charge in [-0.15, -0.1) is 12.4 Å². The number of rotatable bonds is 6. The van der Waals surface area contributed by atoms with Crippen molar-refractivity contribution in [3.05, 3.63) is 65.4 Å². The number of unbranched alkanes of at least 4 members (excludes halogenated alkanes) is 1. The van der Waals surface area contributed by atoms with Crippen LogP contribution in [0.1, 0.15) is 53.2 Å². The summed E-state index contributed by atoms with van der Waals surface area (Å²) in [4.78, 5) is 17.0. The van der Waals surface area contributed by atoms with Crippen molar-refractivity contribution in [3.8, 4) is 0 Å². The summed E-state index contributed by atoms with van der Waals surface area (Å²) >= 11 is 1.64. The summed E-state index contributed by atoms with van der Waals surface area (Å²) in [5.74, 6) is 0.806. The molecule has 0 spiro atoms. The van der Waals surface area contributed by atoms with Gasteiger partial charge in [0.2, 0.25) is 0 Å². The van der Waals surface area contributed by atoms with E-state index in [9.17, 15) is 4.79 Å². The Morgan fingerprint density at radius 3 is 2.53 bits per heavy atom. The highest BCUT2D eigenvalue weighted by Gasteiger charge is 2.26. The quantitative estimate of drug-likeness (QED) is 0.485. The van der Waals surface area contributed by atoms with E-state index >= 15 is 0 Å². The highest BCUT2D eigenvalue weighted by atomic mass is 35.5. The maximum atomic E-state index is 12.4. The van der Waals surface area contributed by atoms with Crippen LogP contribution in [0.25, 0.3) is 10.1 Å². The highest BCUT2D eigenvalue weighted by Crippen LogP contribution is 2.34. The van der Waals surface area contributed by atoms with Crippen molar-refractivity contribution < 1.29 is 4.79 Å². The number of hydrogen-bond acceptors (Lipinski definition) is 4. The predicted molar refractivity (Wildman–Crippen MR) is 126 cm³/mol. The number of halogens is 1. The molecule has 3 aromatic rings. The maximum absolute atomic E-state index is 12.4. The van der Waals surface area contributed by atoms with Gasteiger partial charge in [0.25, 0.3) is 5.91 Å². The lowest BCUT2D eigenvalue weighted by Gasteiger charge is -2.31. The molecule has 0 N–H and O–H groups in total. The van der Waals surface area contributed by atoms with Crippen molar-refractivity contribution in [3.63, 3.8) is 0 Å². The molecule has 0 unspecified atom stereocenters. The number of carbonyl (C=O) groups is 1. The van der Waals surface area contributed by atoms with E-state index in [1.165, 1.54) is 34.2 Å². The van der Waals surface area contributed by atoms with Gasteiger partial charge in [-0.1, -0.05) is 36.4 Å². The number of piperidine rings is 1. The summed E-state index contributed by atoms with van der Waals surface area (Å²) in [7, 11) is 0. The Labute approximate surface area is 188 Å². The molecule has 1 saturated heterocycles. The molecule has 0 atom stereocenters. The summed E-state index contributed by atoms with van der Waals surface area (Å²) in [6.45, 7) is 5.10. The highest BCUT2D eigenvalue weighted by molar-refractivity contribution is 7.13. The SMILES string of the molecule is Cl.O=C1c2ccccc2CN1CCCCN1CCC(c2nsc3ccccc23)CC1. The first-order valence-corrected chi connectivity index (χ1v) is 11.5. The van der Waals surface area contributed by atoms with Crippen molar-refractivity contribution in [2.45, 2.75) is 38.1 Å². The van der Waals surface area contributed by atoms with Crippen LogP contribution in [-0.2, 0) is 6.54 Å². The third kappa shape index (κ3) is 4.25. The molecule has 6 heteroatoms. The Morgan fingerprint density at radius 1 is 0.967 bits per heavy atom. The van der Waals surface area contributed by atoms with E-state index in [-0.39, 0.29) is 18.3 Å². The number of aromatic nitrogens is 1. The molecule has 2 aliphatic rings. The Bertz CT molecular complexity index is 1010. The fraction of sp³-hybridized carbons (Fsp3) is 0.417. The summed E-state index contributed by atoms with van der Waals surface area (Å²) in [6.07, 6.45) is 4.64. The Morgan fingerprint density at radius 2 is 1.70 bits per heavy atom. The molecular formula is C24H28ClN3OS. The van der Waals surface area contributed by atoms with Gasteiger partial charge >= 0.3 is 0 Å². The van der Waals surface area contributed by atoms with Crippen molar-refractivity contribution in [1.82, 2.24) is 14.2 Å². The Balaban J connectivity index is 0.00000218. The Hall–Kier alpha value is -1.95. The third-order valence-electron chi connectivity index (χ3n) is 6.43. The minimum atomic E-state index is 0. The van der Waals surface area contributed by atoms with Crippen molar-refractivity contribution in [1.29, 1.82) is 0 Å². The van der Waals surface area contributed by atoms with Crippen LogP contribution in [0.15, 0.2) is 48.5 Å². The molecule has 0 saturated carbocycles. The summed E-state index contributed by atoms with van der Waals surface area (Å²) in [5.41, 5.74) is 3.38. The molecule has 30 heavy (non-hydrogen) atoms. The van der Waals surface area contributed by atoms with E-state index in [4.69, 9.17) is 4.37 Å². The van der Waals surface area contributed by atoms with Gasteiger partial charge in [-0.25, -0.2) is 0 Å². The zero-order valence-electron chi connectivity index (χ0n) is 17.1. The zero-order chi connectivity index (χ0) is 19.6. The van der Waals surface area contributed by atoms with Crippen LogP contribution >= 0.6 is 23.9 Å². The molecular weight excluding hydrogens is 414 g/mol. The van der Waals surface area contributed by atoms with Gasteiger partial charge in [0.05, 0.1) is 10.4 Å². The lowest BCUT2D eigenvalue weighted by molar-refractivity contribution is 0.0773. The molecule has 158 valence electrons. The predicted octanol–water partition coefficient (Wildman–Crippen LogP) is 5.33. The van der Waals surface area contributed by atoms with E-state index in [1.807, 2.05) is 23.1 Å². The minimum absolute atomic E-state index is 0. The fourth-order valence-corrected chi connectivity index (χ4v) is 5.62. The van der Waals surface area contributed by atoms with Crippen molar-refractivity contribution >= 4 is 39.9 Å². The molecule has 1 fully saturated rings. The first-order valence-electron chi connectivity index (χ1n) is 10.7. The smallest absolute Gasteiger partial charge is 0.254 e. The fourth-order valence-electron chi connectivity index (χ4n) is 4.76. The summed E-state index contributed by atoms with van der Waals surface area (Å²) in [5, 5.41) is 1.35. The summed E-state index contributed by atoms with van der Waals surface area (Å²) in [6, 6.07) is 16.6. The van der Waals surface area contributed by atoms with Crippen LogP contribution in [0.4, 0.5) is 0 Å². The zero-order valence-corrected chi connectivity index (χ0v) is 18.8. The summed E-state index contributed by atoms with van der Waals surface area (Å²) < 4.78 is 6.08. The average Bonchev–Trinajstić information content (AvgIpc) is 3.33. The second kappa shape index (κ2) is 9.46. The molecule has 2 aromatic carbocycles. The number of fused-ring (bicyclic) bond motifs is 2. The molecule has 1 amide bonds. The lowest BCUT2D eigenvalue weighted by Crippen LogP contribution is -2.34. The molecule has 2 aliphatic heterocycles. The number of benzene rings is 2. The molecule has 0 aliphatic carbocycles. The van der Waals surface area contributed by atoms with Crippen LogP contribution < -0.4 is 0 Å². The van der Waals surface area contributed by atoms with Gasteiger partial charge < -0.3 is 9.80 Å². The van der Waals surface area contributed by atoms with Crippen molar-refractivity contribution in [2.24, 2.45) is 0 Å². The first-order chi connectivity index (χ1) is 14.3. The number of hydrogen-bond donors (Lipinski definition) is 0. The van der Waals surface area contributed by atoms with Crippen LogP contribution in [0.5, 0.6) is 0 Å². The van der Waals surface area contributed by atoms with E-state index in [0.717, 1.165) is 51.1 Å². The Kier molecular flexibility index (Phi) is 6.71. The number of amides is 1. The van der Waals surface area contributed by atoms with Crippen LogP contribution in [0.3, 0.4) is 0 Å². The van der Waals surface area contributed by atoms with Gasteiger partial charge in [0.15, 0.2) is 0 Å². The number of likely N-dealkylation sites (tertiary alicyclic amines) is 1. The third-order valence-corrected chi connectivity index (χ3v) is 7.27. The van der Waals surface area contributed by atoms with E-state index in [2.05, 4.69) is 35.2 Å². The largest absolute Gasteiger partial charge is 0.334 e. The van der Waals surface area contributed by atoms with E-state index < -0.39 is 0 Å². The number of carbonyl (C=O) groups excluding carboxylic acids is 1. The minimum Gasteiger partial charge on any atom is -0.334 e. The second-order valence-electron chi connectivity index (χ2n) is 8.27. The molecule has 5 rings (SSSR count). The molecule has 3 heterocycles. The molecule has 0 bridgehead atoms. The molecule has 1 aromatic heterocycles. The normalized spacial score (nSPS) is 17.3.